The van der Waals surface area contributed by atoms with Gasteiger partial charge in [-0.05, 0) is 31.2 Å². The third kappa shape index (κ3) is 4.87. The van der Waals surface area contributed by atoms with Crippen molar-refractivity contribution in [2.45, 2.75) is 24.5 Å². The number of para-hydroxylation sites is 1. The summed E-state index contributed by atoms with van der Waals surface area (Å²) in [6, 6.07) is 13.7. The van der Waals surface area contributed by atoms with Crippen LogP contribution in [0.5, 0.6) is 17.2 Å². The van der Waals surface area contributed by atoms with Gasteiger partial charge in [0.25, 0.3) is 0 Å². The number of fused-ring (bicyclic) bond motifs is 2. The average molecular weight is 594 g/mol. The highest BCUT2D eigenvalue weighted by molar-refractivity contribution is 7.89. The summed E-state index contributed by atoms with van der Waals surface area (Å²) < 4.78 is 67.7. The number of ether oxygens (including phenoxy) is 2. The quantitative estimate of drug-likeness (QED) is 0.251. The number of sulfone groups is 1. The maximum absolute atomic E-state index is 15.2. The van der Waals surface area contributed by atoms with Gasteiger partial charge in [0.05, 0.1) is 23.3 Å². The number of hydrogen-bond acceptors (Lipinski definition) is 6. The molecule has 5 aromatic rings. The van der Waals surface area contributed by atoms with Gasteiger partial charge in [-0.3, -0.25) is 4.79 Å². The van der Waals surface area contributed by atoms with Gasteiger partial charge in [-0.15, -0.1) is 0 Å². The van der Waals surface area contributed by atoms with E-state index in [4.69, 9.17) is 9.47 Å². The van der Waals surface area contributed by atoms with Gasteiger partial charge in [-0.1, -0.05) is 18.2 Å². The van der Waals surface area contributed by atoms with E-state index in [0.29, 0.717) is 27.9 Å². The third-order valence-electron chi connectivity index (χ3n) is 7.35. The normalized spacial score (nSPS) is 16.4. The number of H-pyrrole nitrogens is 1. The number of carboxylic acids is 1. The van der Waals surface area contributed by atoms with E-state index in [1.54, 1.807) is 36.7 Å². The van der Waals surface area contributed by atoms with Crippen molar-refractivity contribution in [3.05, 3.63) is 101 Å². The minimum atomic E-state index is -3.55. The topological polar surface area (TPSA) is 124 Å². The van der Waals surface area contributed by atoms with E-state index in [1.165, 1.54) is 22.9 Å². The number of aromatic amines is 1. The zero-order chi connectivity index (χ0) is 29.8. The average Bonchev–Trinajstić information content (AvgIpc) is 3.66. The highest BCUT2D eigenvalue weighted by Gasteiger charge is 2.41. The summed E-state index contributed by atoms with van der Waals surface area (Å²) in [4.78, 5) is 14.2. The molecule has 1 unspecified atom stereocenters. The predicted octanol–water partition coefficient (Wildman–Crippen LogP) is 5.29. The minimum Gasteiger partial charge on any atom is -0.492 e. The van der Waals surface area contributed by atoms with Crippen molar-refractivity contribution < 1.29 is 36.6 Å². The summed E-state index contributed by atoms with van der Waals surface area (Å²) in [6.07, 6.45) is 4.01. The molecule has 6 rings (SSSR count). The Bertz CT molecular complexity index is 1980. The van der Waals surface area contributed by atoms with Crippen molar-refractivity contribution in [1.82, 2.24) is 14.8 Å². The first kappa shape index (κ1) is 27.5. The van der Waals surface area contributed by atoms with Gasteiger partial charge in [-0.2, -0.15) is 5.10 Å². The van der Waals surface area contributed by atoms with Crippen LogP contribution in [-0.4, -0.2) is 47.1 Å². The molecule has 0 aliphatic carbocycles. The predicted molar refractivity (Wildman–Crippen MR) is 150 cm³/mol. The van der Waals surface area contributed by atoms with Crippen molar-refractivity contribution in [3.63, 3.8) is 0 Å². The van der Waals surface area contributed by atoms with Crippen LogP contribution in [0.25, 0.3) is 16.6 Å². The lowest BCUT2D eigenvalue weighted by atomic mass is 9.81. The first-order valence-electron chi connectivity index (χ1n) is 12.9. The smallest absolute Gasteiger partial charge is 0.307 e. The number of nitrogens with zero attached hydrogens (tertiary/aromatic N) is 2. The molecule has 0 bridgehead atoms. The van der Waals surface area contributed by atoms with Crippen LogP contribution < -0.4 is 9.47 Å². The lowest BCUT2D eigenvalue weighted by Crippen LogP contribution is -2.26. The molecule has 0 saturated carbocycles. The van der Waals surface area contributed by atoms with Crippen molar-refractivity contribution in [1.29, 1.82) is 0 Å². The molecule has 1 aliphatic heterocycles. The highest BCUT2D eigenvalue weighted by atomic mass is 32.2. The summed E-state index contributed by atoms with van der Waals surface area (Å²) in [7, 11) is -3.55. The maximum atomic E-state index is 15.2. The van der Waals surface area contributed by atoms with E-state index in [0.717, 1.165) is 17.9 Å². The molecule has 0 fully saturated rings. The van der Waals surface area contributed by atoms with Gasteiger partial charge in [0, 0.05) is 58.4 Å². The molecule has 0 radical (unpaired) electrons. The monoisotopic (exact) mass is 593 g/mol. The molecule has 0 spiro atoms. The zero-order valence-electron chi connectivity index (χ0n) is 22.5. The van der Waals surface area contributed by atoms with Gasteiger partial charge in [0.2, 0.25) is 0 Å². The number of aromatic nitrogens is 3. The van der Waals surface area contributed by atoms with Gasteiger partial charge in [0.1, 0.15) is 29.6 Å². The van der Waals surface area contributed by atoms with Gasteiger partial charge in [0.15, 0.2) is 21.4 Å². The molecule has 1 aliphatic rings. The Morgan fingerprint density at radius 1 is 1.17 bits per heavy atom. The summed E-state index contributed by atoms with van der Waals surface area (Å²) >= 11 is 0. The van der Waals surface area contributed by atoms with E-state index in [-0.39, 0.29) is 35.8 Å². The zero-order valence-corrected chi connectivity index (χ0v) is 23.3. The second-order valence-electron chi connectivity index (χ2n) is 10.5. The summed E-state index contributed by atoms with van der Waals surface area (Å²) in [5.41, 5.74) is 1.76. The van der Waals surface area contributed by atoms with Crippen LogP contribution in [0.2, 0.25) is 0 Å². The van der Waals surface area contributed by atoms with Crippen LogP contribution in [-0.2, 0) is 32.2 Å². The van der Waals surface area contributed by atoms with Crippen LogP contribution in [0.3, 0.4) is 0 Å². The van der Waals surface area contributed by atoms with Crippen LogP contribution >= 0.6 is 0 Å². The second-order valence-corrected chi connectivity index (χ2v) is 12.7. The molecule has 216 valence electrons. The summed E-state index contributed by atoms with van der Waals surface area (Å²) in [5, 5.41) is 14.4. The Morgan fingerprint density at radius 2 is 1.98 bits per heavy atom. The molecule has 42 heavy (non-hydrogen) atoms. The van der Waals surface area contributed by atoms with Crippen LogP contribution in [0, 0.1) is 11.6 Å². The second kappa shape index (κ2) is 9.98. The fourth-order valence-corrected chi connectivity index (χ4v) is 6.15. The first-order chi connectivity index (χ1) is 19.9. The number of nitrogens with one attached hydrogen (secondary N) is 1. The van der Waals surface area contributed by atoms with Gasteiger partial charge >= 0.3 is 5.97 Å². The minimum absolute atomic E-state index is 0.0221. The van der Waals surface area contributed by atoms with E-state index < -0.39 is 38.6 Å². The first-order valence-corrected chi connectivity index (χ1v) is 15.0. The molecule has 9 nitrogen and oxygen atoms in total. The standard InChI is InChI=1S/C30H25F2N3O6S/c1-30(16-40-28-17(12-27(36)37)4-3-5-21(28)30)26-9-11-35(34-26)25-13-18(6-7-22(25)31)41-29-20(15-42(2,38)39)19-8-10-33-24(19)14-23(29)32/h3-11,13-14,33H,12,15-16H2,1-2H3,(H,36,37). The Labute approximate surface area is 239 Å². The third-order valence-corrected chi connectivity index (χ3v) is 8.16. The fourth-order valence-electron chi connectivity index (χ4n) is 5.34. The fraction of sp³-hybridized carbons (Fsp3) is 0.200. The van der Waals surface area contributed by atoms with E-state index in [1.807, 2.05) is 13.0 Å². The number of benzene rings is 3. The largest absolute Gasteiger partial charge is 0.492 e. The van der Waals surface area contributed by atoms with E-state index in [9.17, 15) is 18.3 Å². The van der Waals surface area contributed by atoms with Crippen molar-refractivity contribution in [2.24, 2.45) is 0 Å². The molecular weight excluding hydrogens is 568 g/mol. The molecule has 2 aromatic heterocycles. The van der Waals surface area contributed by atoms with Crippen molar-refractivity contribution in [3.8, 4) is 22.9 Å². The molecular formula is C30H25F2N3O6S. The van der Waals surface area contributed by atoms with E-state index >= 15 is 8.78 Å². The molecule has 12 heteroatoms. The van der Waals surface area contributed by atoms with Crippen LogP contribution in [0.4, 0.5) is 8.78 Å². The SMILES string of the molecule is CC1(c2ccn(-c3cc(Oc4c(F)cc5[nH]ccc5c4CS(C)(=O)=O)ccc3F)n2)COc2c(CC(=O)O)cccc21. The Morgan fingerprint density at radius 3 is 2.74 bits per heavy atom. The summed E-state index contributed by atoms with van der Waals surface area (Å²) in [6.45, 7) is 2.13. The lowest BCUT2D eigenvalue weighted by Gasteiger charge is -2.20. The molecule has 0 saturated heterocycles. The van der Waals surface area contributed by atoms with Crippen molar-refractivity contribution in [2.75, 3.05) is 12.9 Å². The molecule has 3 heterocycles. The molecule has 0 amide bonds. The number of carboxylic acid groups (broad SMARTS) is 1. The van der Waals surface area contributed by atoms with E-state index in [2.05, 4.69) is 10.1 Å². The lowest BCUT2D eigenvalue weighted by molar-refractivity contribution is -0.136. The van der Waals surface area contributed by atoms with Crippen LogP contribution in [0.15, 0.2) is 67.0 Å². The highest BCUT2D eigenvalue weighted by Crippen LogP contribution is 2.45. The number of aliphatic carboxylic acids is 1. The number of rotatable bonds is 8. The Kier molecular flexibility index (Phi) is 6.53. The maximum Gasteiger partial charge on any atom is 0.307 e. The number of carbonyl (C=O) groups is 1. The molecule has 1 atom stereocenters. The van der Waals surface area contributed by atoms with Gasteiger partial charge in [-0.25, -0.2) is 21.9 Å². The Hall–Kier alpha value is -4.71. The van der Waals surface area contributed by atoms with Gasteiger partial charge < -0.3 is 19.6 Å². The molecule has 3 aromatic carbocycles. The summed E-state index contributed by atoms with van der Waals surface area (Å²) in [5.74, 6) is -2.51. The number of halogens is 2. The number of hydrogen-bond donors (Lipinski definition) is 2. The Balaban J connectivity index is 1.36. The molecule has 2 N–H and O–H groups in total. The van der Waals surface area contributed by atoms with Crippen molar-refractivity contribution >= 4 is 26.7 Å². The van der Waals surface area contributed by atoms with Crippen LogP contribution in [0.1, 0.15) is 29.3 Å².